The van der Waals surface area contributed by atoms with E-state index in [-0.39, 0.29) is 6.10 Å². The molecular weight excluding hydrogens is 374 g/mol. The van der Waals surface area contributed by atoms with Crippen molar-refractivity contribution in [3.8, 4) is 0 Å². The van der Waals surface area contributed by atoms with Crippen molar-refractivity contribution in [3.63, 3.8) is 0 Å². The lowest BCUT2D eigenvalue weighted by molar-refractivity contribution is 0.106. The van der Waals surface area contributed by atoms with Crippen LogP contribution >= 0.6 is 11.6 Å². The number of anilines is 1. The van der Waals surface area contributed by atoms with Crippen molar-refractivity contribution in [1.29, 1.82) is 0 Å². The van der Waals surface area contributed by atoms with E-state index in [9.17, 15) is 0 Å². The fraction of sp³-hybridized carbons (Fsp3) is 0.429. The molecule has 1 aliphatic heterocycles. The molecule has 1 aliphatic rings. The molecule has 0 amide bonds. The molecule has 2 aromatic rings. The quantitative estimate of drug-likeness (QED) is 0.574. The van der Waals surface area contributed by atoms with Crippen LogP contribution < -0.4 is 15.5 Å². The molecule has 0 bridgehead atoms. The summed E-state index contributed by atoms with van der Waals surface area (Å²) in [5.41, 5.74) is 1.04. The molecule has 0 saturated carbocycles. The number of nitrogens with one attached hydrogen (secondary N) is 2. The van der Waals surface area contributed by atoms with E-state index in [1.54, 1.807) is 14.2 Å². The van der Waals surface area contributed by atoms with Gasteiger partial charge in [0.15, 0.2) is 5.96 Å². The average Bonchev–Trinajstić information content (AvgIpc) is 2.74. The number of hydrogen-bond acceptors (Lipinski definition) is 4. The summed E-state index contributed by atoms with van der Waals surface area (Å²) in [6.45, 7) is 2.58. The second-order valence-corrected chi connectivity index (χ2v) is 7.26. The van der Waals surface area contributed by atoms with Crippen LogP contribution in [0.1, 0.15) is 24.5 Å². The van der Waals surface area contributed by atoms with E-state index in [2.05, 4.69) is 31.6 Å². The summed E-state index contributed by atoms with van der Waals surface area (Å²) in [4.78, 5) is 11.1. The molecule has 2 heterocycles. The third kappa shape index (κ3) is 5.59. The van der Waals surface area contributed by atoms with Crippen LogP contribution in [0.3, 0.4) is 0 Å². The first kappa shape index (κ1) is 20.4. The molecule has 28 heavy (non-hydrogen) atoms. The molecule has 1 atom stereocenters. The normalized spacial score (nSPS) is 16.7. The monoisotopic (exact) mass is 401 g/mol. The smallest absolute Gasteiger partial charge is 0.191 e. The number of piperidine rings is 1. The molecule has 0 aliphatic carbocycles. The summed E-state index contributed by atoms with van der Waals surface area (Å²) in [7, 11) is 3.50. The van der Waals surface area contributed by atoms with Gasteiger partial charge in [-0.05, 0) is 42.7 Å². The Bertz CT molecular complexity index is 762. The fourth-order valence-corrected chi connectivity index (χ4v) is 3.61. The largest absolute Gasteiger partial charge is 0.375 e. The number of benzene rings is 1. The lowest BCUT2D eigenvalue weighted by Crippen LogP contribution is -2.49. The van der Waals surface area contributed by atoms with Crippen molar-refractivity contribution < 1.29 is 4.74 Å². The van der Waals surface area contributed by atoms with Gasteiger partial charge in [0.05, 0.1) is 6.10 Å². The predicted molar refractivity (Wildman–Crippen MR) is 115 cm³/mol. The highest BCUT2D eigenvalue weighted by Crippen LogP contribution is 2.20. The minimum absolute atomic E-state index is 0.0942. The number of rotatable bonds is 6. The van der Waals surface area contributed by atoms with Crippen LogP contribution in [-0.2, 0) is 4.74 Å². The van der Waals surface area contributed by atoms with E-state index in [1.807, 2.05) is 42.6 Å². The highest BCUT2D eigenvalue weighted by Gasteiger charge is 2.21. The Morgan fingerprint density at radius 2 is 2.11 bits per heavy atom. The van der Waals surface area contributed by atoms with Crippen LogP contribution in [0.4, 0.5) is 5.82 Å². The zero-order valence-corrected chi connectivity index (χ0v) is 17.2. The van der Waals surface area contributed by atoms with E-state index in [1.165, 1.54) is 0 Å². The molecule has 1 aromatic heterocycles. The summed E-state index contributed by atoms with van der Waals surface area (Å²) in [6.07, 6.45) is 3.83. The molecule has 150 valence electrons. The van der Waals surface area contributed by atoms with Crippen molar-refractivity contribution in [1.82, 2.24) is 15.6 Å². The molecule has 0 spiro atoms. The third-order valence-corrected chi connectivity index (χ3v) is 5.23. The van der Waals surface area contributed by atoms with E-state index in [4.69, 9.17) is 16.3 Å². The molecule has 6 nitrogen and oxygen atoms in total. The van der Waals surface area contributed by atoms with Crippen LogP contribution in [0, 0.1) is 0 Å². The third-order valence-electron chi connectivity index (χ3n) is 4.99. The minimum atomic E-state index is -0.0942. The number of aromatic nitrogens is 1. The van der Waals surface area contributed by atoms with Gasteiger partial charge in [-0.25, -0.2) is 4.98 Å². The van der Waals surface area contributed by atoms with Gasteiger partial charge >= 0.3 is 0 Å². The number of aliphatic imine (C=N–C) groups is 1. The molecule has 3 rings (SSSR count). The van der Waals surface area contributed by atoms with Crippen LogP contribution in [0.25, 0.3) is 0 Å². The van der Waals surface area contributed by atoms with Gasteiger partial charge in [0.25, 0.3) is 0 Å². The molecule has 7 heteroatoms. The van der Waals surface area contributed by atoms with Gasteiger partial charge < -0.3 is 20.3 Å². The average molecular weight is 402 g/mol. The van der Waals surface area contributed by atoms with Crippen LogP contribution in [-0.4, -0.2) is 50.8 Å². The topological polar surface area (TPSA) is 61.8 Å². The maximum atomic E-state index is 6.10. The van der Waals surface area contributed by atoms with E-state index >= 15 is 0 Å². The van der Waals surface area contributed by atoms with Gasteiger partial charge in [-0.3, -0.25) is 4.99 Å². The van der Waals surface area contributed by atoms with Gasteiger partial charge in [0, 0.05) is 51.1 Å². The van der Waals surface area contributed by atoms with Crippen LogP contribution in [0.15, 0.2) is 53.7 Å². The molecule has 2 N–H and O–H groups in total. The SMILES string of the molecule is CN=C(NCC(OC)c1cccc(Cl)c1)NC1CCN(c2ccccn2)CC1. The maximum Gasteiger partial charge on any atom is 0.191 e. The number of nitrogens with zero attached hydrogens (tertiary/aromatic N) is 3. The zero-order valence-electron chi connectivity index (χ0n) is 16.4. The molecule has 1 saturated heterocycles. The number of pyridine rings is 1. The Balaban J connectivity index is 1.48. The van der Waals surface area contributed by atoms with Crippen molar-refractivity contribution in [2.45, 2.75) is 25.0 Å². The highest BCUT2D eigenvalue weighted by molar-refractivity contribution is 6.30. The first-order valence-corrected chi connectivity index (χ1v) is 9.99. The Morgan fingerprint density at radius 3 is 2.75 bits per heavy atom. The summed E-state index contributed by atoms with van der Waals surface area (Å²) in [5.74, 6) is 1.84. The van der Waals surface area contributed by atoms with Crippen molar-refractivity contribution in [3.05, 3.63) is 59.2 Å². The molecule has 1 aromatic carbocycles. The van der Waals surface area contributed by atoms with Gasteiger partial charge in [0.1, 0.15) is 5.82 Å². The summed E-state index contributed by atoms with van der Waals surface area (Å²) >= 11 is 6.10. The van der Waals surface area contributed by atoms with E-state index in [0.29, 0.717) is 17.6 Å². The molecule has 1 unspecified atom stereocenters. The number of methoxy groups -OCH3 is 1. The van der Waals surface area contributed by atoms with Gasteiger partial charge in [-0.1, -0.05) is 29.8 Å². The van der Waals surface area contributed by atoms with Crippen molar-refractivity contribution in [2.75, 3.05) is 38.7 Å². The lowest BCUT2D eigenvalue weighted by atomic mass is 10.1. The minimum Gasteiger partial charge on any atom is -0.375 e. The fourth-order valence-electron chi connectivity index (χ4n) is 3.42. The van der Waals surface area contributed by atoms with Gasteiger partial charge in [0.2, 0.25) is 0 Å². The van der Waals surface area contributed by atoms with Crippen LogP contribution in [0.5, 0.6) is 0 Å². The van der Waals surface area contributed by atoms with E-state index < -0.39 is 0 Å². The number of halogens is 1. The summed E-state index contributed by atoms with van der Waals surface area (Å²) in [6, 6.07) is 14.2. The Hall–Kier alpha value is -2.31. The summed E-state index contributed by atoms with van der Waals surface area (Å²) in [5, 5.41) is 7.61. The second kappa shape index (κ2) is 10.3. The number of guanidine groups is 1. The number of hydrogen-bond donors (Lipinski definition) is 2. The first-order chi connectivity index (χ1) is 13.7. The Kier molecular flexibility index (Phi) is 7.51. The molecular formula is C21H28ClN5O. The predicted octanol–water partition coefficient (Wildman–Crippen LogP) is 3.26. The summed E-state index contributed by atoms with van der Waals surface area (Å²) < 4.78 is 5.62. The van der Waals surface area contributed by atoms with Crippen LogP contribution in [0.2, 0.25) is 5.02 Å². The Morgan fingerprint density at radius 1 is 1.29 bits per heavy atom. The highest BCUT2D eigenvalue weighted by atomic mass is 35.5. The van der Waals surface area contributed by atoms with Gasteiger partial charge in [-0.15, -0.1) is 0 Å². The Labute approximate surface area is 172 Å². The van der Waals surface area contributed by atoms with E-state index in [0.717, 1.165) is 43.3 Å². The van der Waals surface area contributed by atoms with Crippen molar-refractivity contribution in [2.24, 2.45) is 4.99 Å². The molecule has 0 radical (unpaired) electrons. The second-order valence-electron chi connectivity index (χ2n) is 6.83. The lowest BCUT2D eigenvalue weighted by Gasteiger charge is -2.34. The van der Waals surface area contributed by atoms with Gasteiger partial charge in [-0.2, -0.15) is 0 Å². The zero-order chi connectivity index (χ0) is 19.8. The number of ether oxygens (including phenoxy) is 1. The van der Waals surface area contributed by atoms with Crippen molar-refractivity contribution >= 4 is 23.4 Å². The maximum absolute atomic E-state index is 6.10. The first-order valence-electron chi connectivity index (χ1n) is 9.61. The molecule has 1 fully saturated rings. The standard InChI is InChI=1S/C21H28ClN5O/c1-23-21(25-15-19(28-2)16-6-5-7-17(22)14-16)26-18-9-12-27(13-10-18)20-8-3-4-11-24-20/h3-8,11,14,18-19H,9-10,12-13,15H2,1-2H3,(H2,23,25,26).